The van der Waals surface area contributed by atoms with Crippen molar-refractivity contribution in [2.24, 2.45) is 0 Å². The Kier molecular flexibility index (Phi) is 8.57. The zero-order valence-corrected chi connectivity index (χ0v) is 17.0. The molecule has 10 nitrogen and oxygen atoms in total. The molecule has 0 bridgehead atoms. The molecule has 3 aromatic rings. The molecule has 0 atom stereocenters. The number of carbonyl (C=O) groups excluding carboxylic acids is 1. The van der Waals surface area contributed by atoms with Crippen LogP contribution in [0.25, 0.3) is 17.0 Å². The van der Waals surface area contributed by atoms with E-state index in [0.29, 0.717) is 18.1 Å². The number of amides is 1. The van der Waals surface area contributed by atoms with E-state index in [0.717, 1.165) is 23.5 Å². The summed E-state index contributed by atoms with van der Waals surface area (Å²) in [6.45, 7) is 4.70. The Balaban J connectivity index is 0.00000101. The highest BCUT2D eigenvalue weighted by Crippen LogP contribution is 2.22. The fraction of sp³-hybridized carbons (Fsp3) is 0.300. The summed E-state index contributed by atoms with van der Waals surface area (Å²) < 4.78 is 11.9. The number of carboxylic acid groups (broad SMARTS) is 1. The molecular weight excluding hydrogens is 390 g/mol. The number of hydrogen-bond acceptors (Lipinski definition) is 7. The predicted molar refractivity (Wildman–Crippen MR) is 113 cm³/mol. The minimum atomic E-state index is -0.513. The summed E-state index contributed by atoms with van der Waals surface area (Å²) in [5, 5.41) is 12.8. The lowest BCUT2D eigenvalue weighted by Gasteiger charge is -2.09. The van der Waals surface area contributed by atoms with E-state index in [-0.39, 0.29) is 12.6 Å². The molecule has 0 aliphatic carbocycles. The molecule has 1 amide bonds. The zero-order chi connectivity index (χ0) is 21.9. The van der Waals surface area contributed by atoms with Crippen LogP contribution in [0.4, 0.5) is 16.2 Å². The quantitative estimate of drug-likeness (QED) is 0.397. The monoisotopic (exact) mass is 415 g/mol. The fourth-order valence-electron chi connectivity index (χ4n) is 2.54. The molecule has 30 heavy (non-hydrogen) atoms. The molecule has 0 saturated heterocycles. The Morgan fingerprint density at radius 1 is 1.30 bits per heavy atom. The molecule has 0 aliphatic heterocycles. The summed E-state index contributed by atoms with van der Waals surface area (Å²) in [5.41, 5.74) is 3.29. The molecule has 2 heterocycles. The predicted octanol–water partition coefficient (Wildman–Crippen LogP) is 3.11. The van der Waals surface area contributed by atoms with Crippen molar-refractivity contribution in [1.29, 1.82) is 0 Å². The van der Waals surface area contributed by atoms with Crippen LogP contribution in [0.15, 0.2) is 42.9 Å². The van der Waals surface area contributed by atoms with Gasteiger partial charge >= 0.3 is 6.09 Å². The Bertz CT molecular complexity index is 973. The number of rotatable bonds is 7. The van der Waals surface area contributed by atoms with Gasteiger partial charge in [0.1, 0.15) is 0 Å². The highest BCUT2D eigenvalue weighted by atomic mass is 16.6. The molecule has 160 valence electrons. The van der Waals surface area contributed by atoms with Crippen molar-refractivity contribution in [2.75, 3.05) is 30.9 Å². The molecule has 3 N–H and O–H groups in total. The van der Waals surface area contributed by atoms with E-state index in [1.807, 2.05) is 30.5 Å². The van der Waals surface area contributed by atoms with Gasteiger partial charge in [0.05, 0.1) is 30.3 Å². The standard InChI is InChI=1S/C19H23N5O3.CH2O2/c1-13(2)27-19(25)22-16-10-21-18-23-17(12-24(18)11-16)14-5-4-6-15(9-14)20-7-8-26-3;2-1-3/h4-6,9-13,20H,7-8H2,1-3H3,(H,22,25);1H,(H,2,3). The highest BCUT2D eigenvalue weighted by Gasteiger charge is 2.09. The average Bonchev–Trinajstić information content (AvgIpc) is 3.12. The van der Waals surface area contributed by atoms with Crippen LogP contribution < -0.4 is 10.6 Å². The van der Waals surface area contributed by atoms with E-state index >= 15 is 0 Å². The normalized spacial score (nSPS) is 10.3. The van der Waals surface area contributed by atoms with Crippen LogP contribution in [0.1, 0.15) is 13.8 Å². The molecule has 2 aromatic heterocycles. The first-order valence-corrected chi connectivity index (χ1v) is 9.20. The first kappa shape index (κ1) is 22.6. The number of fused-ring (bicyclic) bond motifs is 1. The van der Waals surface area contributed by atoms with Crippen molar-refractivity contribution in [1.82, 2.24) is 14.4 Å². The Morgan fingerprint density at radius 2 is 2.07 bits per heavy atom. The second-order valence-electron chi connectivity index (χ2n) is 6.36. The molecular formula is C20H25N5O5. The molecule has 0 unspecified atom stereocenters. The summed E-state index contributed by atoms with van der Waals surface area (Å²) in [5.74, 6) is 0.547. The number of benzene rings is 1. The maximum absolute atomic E-state index is 11.7. The van der Waals surface area contributed by atoms with Gasteiger partial charge in [-0.25, -0.2) is 14.8 Å². The largest absolute Gasteiger partial charge is 0.483 e. The van der Waals surface area contributed by atoms with Crippen molar-refractivity contribution in [3.63, 3.8) is 0 Å². The highest BCUT2D eigenvalue weighted by molar-refractivity contribution is 5.84. The molecule has 0 radical (unpaired) electrons. The van der Waals surface area contributed by atoms with Gasteiger partial charge in [-0.15, -0.1) is 0 Å². The van der Waals surface area contributed by atoms with Gasteiger partial charge in [0.2, 0.25) is 5.78 Å². The van der Waals surface area contributed by atoms with E-state index in [2.05, 4.69) is 20.6 Å². The minimum absolute atomic E-state index is 0.189. The van der Waals surface area contributed by atoms with Crippen LogP contribution in [0.3, 0.4) is 0 Å². The van der Waals surface area contributed by atoms with Gasteiger partial charge in [0.15, 0.2) is 0 Å². The summed E-state index contributed by atoms with van der Waals surface area (Å²) in [6.07, 6.45) is 4.47. The van der Waals surface area contributed by atoms with Gasteiger partial charge in [-0.1, -0.05) is 12.1 Å². The van der Waals surface area contributed by atoms with E-state index < -0.39 is 6.09 Å². The van der Waals surface area contributed by atoms with E-state index in [4.69, 9.17) is 19.4 Å². The van der Waals surface area contributed by atoms with Gasteiger partial charge < -0.3 is 19.9 Å². The van der Waals surface area contributed by atoms with E-state index in [1.54, 1.807) is 37.8 Å². The van der Waals surface area contributed by atoms with Crippen molar-refractivity contribution in [3.8, 4) is 11.3 Å². The summed E-state index contributed by atoms with van der Waals surface area (Å²) >= 11 is 0. The lowest BCUT2D eigenvalue weighted by molar-refractivity contribution is -0.122. The first-order chi connectivity index (χ1) is 14.5. The van der Waals surface area contributed by atoms with Crippen LogP contribution in [-0.4, -0.2) is 58.4 Å². The average molecular weight is 415 g/mol. The fourth-order valence-corrected chi connectivity index (χ4v) is 2.54. The smallest absolute Gasteiger partial charge is 0.411 e. The summed E-state index contributed by atoms with van der Waals surface area (Å²) in [7, 11) is 1.67. The number of carbonyl (C=O) groups is 2. The van der Waals surface area contributed by atoms with Gasteiger partial charge in [-0.2, -0.15) is 0 Å². The van der Waals surface area contributed by atoms with Crippen molar-refractivity contribution < 1.29 is 24.2 Å². The van der Waals surface area contributed by atoms with Crippen molar-refractivity contribution in [2.45, 2.75) is 20.0 Å². The third kappa shape index (κ3) is 6.74. The molecule has 0 aliphatic rings. The van der Waals surface area contributed by atoms with Crippen molar-refractivity contribution in [3.05, 3.63) is 42.9 Å². The lowest BCUT2D eigenvalue weighted by atomic mass is 10.1. The lowest BCUT2D eigenvalue weighted by Crippen LogP contribution is -2.18. The van der Waals surface area contributed by atoms with Crippen LogP contribution >= 0.6 is 0 Å². The number of nitrogens with one attached hydrogen (secondary N) is 2. The van der Waals surface area contributed by atoms with Gasteiger partial charge in [-0.3, -0.25) is 14.5 Å². The van der Waals surface area contributed by atoms with E-state index in [1.165, 1.54) is 0 Å². The maximum atomic E-state index is 11.7. The first-order valence-electron chi connectivity index (χ1n) is 9.20. The molecule has 0 spiro atoms. The van der Waals surface area contributed by atoms with Crippen LogP contribution in [0, 0.1) is 0 Å². The van der Waals surface area contributed by atoms with Crippen LogP contribution in [0.5, 0.6) is 0 Å². The number of methoxy groups -OCH3 is 1. The Morgan fingerprint density at radius 3 is 2.77 bits per heavy atom. The van der Waals surface area contributed by atoms with Gasteiger partial charge in [0.25, 0.3) is 6.47 Å². The minimum Gasteiger partial charge on any atom is -0.483 e. The van der Waals surface area contributed by atoms with Crippen LogP contribution in [-0.2, 0) is 14.3 Å². The van der Waals surface area contributed by atoms with Gasteiger partial charge in [-0.05, 0) is 26.0 Å². The summed E-state index contributed by atoms with van der Waals surface area (Å²) in [4.78, 5) is 28.9. The second-order valence-corrected chi connectivity index (χ2v) is 6.36. The second kappa shape index (κ2) is 11.4. The number of anilines is 2. The Hall–Kier alpha value is -3.66. The summed E-state index contributed by atoms with van der Waals surface area (Å²) in [6, 6.07) is 7.98. The molecule has 0 saturated carbocycles. The number of imidazole rings is 1. The molecule has 1 aromatic carbocycles. The molecule has 0 fully saturated rings. The maximum Gasteiger partial charge on any atom is 0.411 e. The Labute approximate surface area is 173 Å². The number of aromatic nitrogens is 3. The van der Waals surface area contributed by atoms with Crippen LogP contribution in [0.2, 0.25) is 0 Å². The number of nitrogens with zero attached hydrogens (tertiary/aromatic N) is 3. The van der Waals surface area contributed by atoms with E-state index in [9.17, 15) is 4.79 Å². The SMILES string of the molecule is COCCNc1cccc(-c2cn3cc(NC(=O)OC(C)C)cnc3n2)c1.O=CO. The number of hydrogen-bond donors (Lipinski definition) is 3. The number of ether oxygens (including phenoxy) is 2. The topological polar surface area (TPSA) is 127 Å². The molecule has 3 rings (SSSR count). The molecule has 10 heteroatoms. The third-order valence-corrected chi connectivity index (χ3v) is 3.69. The van der Waals surface area contributed by atoms with Gasteiger partial charge in [0, 0.05) is 37.3 Å². The van der Waals surface area contributed by atoms with Crippen molar-refractivity contribution >= 4 is 29.7 Å². The zero-order valence-electron chi connectivity index (χ0n) is 17.0. The third-order valence-electron chi connectivity index (χ3n) is 3.69.